The first-order chi connectivity index (χ1) is 9.78. The first-order valence-corrected chi connectivity index (χ1v) is 8.55. The van der Waals surface area contributed by atoms with Gasteiger partial charge >= 0.3 is 0 Å². The maximum Gasteiger partial charge on any atom is 0.142 e. The zero-order valence-electron chi connectivity index (χ0n) is 13.9. The third kappa shape index (κ3) is 2.05. The Kier molecular flexibility index (Phi) is 3.42. The summed E-state index contributed by atoms with van der Waals surface area (Å²) in [5, 5.41) is 0. The molecule has 0 spiro atoms. The third-order valence-corrected chi connectivity index (χ3v) is 6.94. The van der Waals surface area contributed by atoms with Gasteiger partial charge in [0.25, 0.3) is 0 Å². The highest BCUT2D eigenvalue weighted by molar-refractivity contribution is 5.95. The molecule has 0 amide bonds. The molecule has 0 saturated heterocycles. The normalized spacial score (nSPS) is 42.7. The van der Waals surface area contributed by atoms with Crippen LogP contribution in [-0.4, -0.2) is 11.6 Å². The second kappa shape index (κ2) is 4.79. The maximum absolute atomic E-state index is 13.3. The fourth-order valence-electron chi connectivity index (χ4n) is 5.46. The van der Waals surface area contributed by atoms with E-state index < -0.39 is 5.41 Å². The van der Waals surface area contributed by atoms with Crippen LogP contribution in [0.4, 0.5) is 0 Å². The van der Waals surface area contributed by atoms with Crippen LogP contribution in [0.1, 0.15) is 66.2 Å². The van der Waals surface area contributed by atoms with Gasteiger partial charge in [-0.3, -0.25) is 9.59 Å². The summed E-state index contributed by atoms with van der Waals surface area (Å²) in [5.41, 5.74) is 1.17. The number of carbonyl (C=O) groups is 2. The van der Waals surface area contributed by atoms with Crippen LogP contribution in [0.2, 0.25) is 0 Å². The van der Waals surface area contributed by atoms with Crippen LogP contribution in [-0.2, 0) is 9.59 Å². The molecule has 1 unspecified atom stereocenters. The van der Waals surface area contributed by atoms with Gasteiger partial charge in [-0.25, -0.2) is 0 Å². The number of hydrogen-bond acceptors (Lipinski definition) is 2. The lowest BCUT2D eigenvalue weighted by molar-refractivity contribution is -0.146. The predicted molar refractivity (Wildman–Crippen MR) is 83.8 cm³/mol. The quantitative estimate of drug-likeness (QED) is 0.622. The largest absolute Gasteiger partial charge is 0.299 e. The van der Waals surface area contributed by atoms with E-state index in [1.54, 1.807) is 0 Å². The maximum atomic E-state index is 13.3. The van der Waals surface area contributed by atoms with Crippen molar-refractivity contribution in [3.05, 3.63) is 11.6 Å². The van der Waals surface area contributed by atoms with Crippen molar-refractivity contribution in [3.63, 3.8) is 0 Å². The molecule has 116 valence electrons. The third-order valence-electron chi connectivity index (χ3n) is 6.94. The number of Topliss-reactive ketones (excluding diaryl/α,β-unsaturated/α-hetero) is 2. The summed E-state index contributed by atoms with van der Waals surface area (Å²) in [7, 11) is 0. The van der Waals surface area contributed by atoms with Gasteiger partial charge < -0.3 is 0 Å². The monoisotopic (exact) mass is 288 g/mol. The number of ketones is 2. The first kappa shape index (κ1) is 15.0. The van der Waals surface area contributed by atoms with E-state index in [2.05, 4.69) is 33.8 Å². The number of hydrogen-bond donors (Lipinski definition) is 0. The molecule has 0 heterocycles. The number of rotatable bonds is 0. The van der Waals surface area contributed by atoms with Crippen molar-refractivity contribution in [2.24, 2.45) is 28.6 Å². The van der Waals surface area contributed by atoms with E-state index in [4.69, 9.17) is 0 Å². The van der Waals surface area contributed by atoms with Crippen molar-refractivity contribution in [1.82, 2.24) is 0 Å². The fraction of sp³-hybridized carbons (Fsp3) is 0.789. The van der Waals surface area contributed by atoms with Crippen LogP contribution < -0.4 is 0 Å². The van der Waals surface area contributed by atoms with Gasteiger partial charge in [-0.1, -0.05) is 39.3 Å². The van der Waals surface area contributed by atoms with E-state index in [0.29, 0.717) is 23.9 Å². The van der Waals surface area contributed by atoms with Gasteiger partial charge in [0, 0.05) is 23.7 Å². The van der Waals surface area contributed by atoms with Crippen molar-refractivity contribution in [2.75, 3.05) is 0 Å². The molecule has 2 saturated carbocycles. The Bertz CT molecular complexity index is 514. The van der Waals surface area contributed by atoms with Gasteiger partial charge in [0.05, 0.1) is 0 Å². The van der Waals surface area contributed by atoms with Crippen molar-refractivity contribution in [2.45, 2.75) is 66.2 Å². The molecular formula is C19H28O2. The summed E-state index contributed by atoms with van der Waals surface area (Å²) in [4.78, 5) is 25.7. The molecule has 2 bridgehead atoms. The van der Waals surface area contributed by atoms with Crippen molar-refractivity contribution >= 4 is 11.6 Å². The Hall–Kier alpha value is -0.920. The van der Waals surface area contributed by atoms with Crippen molar-refractivity contribution in [3.8, 4) is 0 Å². The smallest absolute Gasteiger partial charge is 0.142 e. The van der Waals surface area contributed by atoms with Gasteiger partial charge in [0.2, 0.25) is 0 Å². The van der Waals surface area contributed by atoms with E-state index in [1.807, 2.05) is 0 Å². The second-order valence-corrected chi connectivity index (χ2v) is 8.27. The Morgan fingerprint density at radius 2 is 1.86 bits per heavy atom. The van der Waals surface area contributed by atoms with Crippen LogP contribution in [0, 0.1) is 28.6 Å². The average Bonchev–Trinajstić information content (AvgIpc) is 2.71. The molecular weight excluding hydrogens is 260 g/mol. The number of allylic oxidation sites excluding steroid dienone is 2. The lowest BCUT2D eigenvalue weighted by atomic mass is 9.59. The van der Waals surface area contributed by atoms with Gasteiger partial charge in [-0.05, 0) is 43.4 Å². The summed E-state index contributed by atoms with van der Waals surface area (Å²) in [5.74, 6) is 1.10. The Morgan fingerprint density at radius 3 is 2.57 bits per heavy atom. The molecule has 0 aromatic carbocycles. The molecule has 0 aliphatic heterocycles. The first-order valence-electron chi connectivity index (χ1n) is 8.55. The van der Waals surface area contributed by atoms with E-state index in [0.717, 1.165) is 32.1 Å². The van der Waals surface area contributed by atoms with Crippen LogP contribution in [0.25, 0.3) is 0 Å². The topological polar surface area (TPSA) is 34.1 Å². The highest BCUT2D eigenvalue weighted by atomic mass is 16.1. The predicted octanol–water partition coefficient (Wildman–Crippen LogP) is 4.33. The number of fused-ring (bicyclic) bond motifs is 3. The standard InChI is InChI=1S/C19H28O2/c1-12-14-9-7-13(18(14,2)3)8-10-15-16(20)6-5-11-19(15,4)17(12)21/h8,12,14-15H,5-7,9-11H2,1-4H3/t12-,14?,15+,19-/m1/s1. The van der Waals surface area contributed by atoms with Crippen molar-refractivity contribution < 1.29 is 9.59 Å². The second-order valence-electron chi connectivity index (χ2n) is 8.27. The molecule has 3 aliphatic rings. The average molecular weight is 288 g/mol. The molecule has 2 fully saturated rings. The Morgan fingerprint density at radius 1 is 1.14 bits per heavy atom. The number of carbonyl (C=O) groups excluding carboxylic acids is 2. The summed E-state index contributed by atoms with van der Waals surface area (Å²) < 4.78 is 0. The van der Waals surface area contributed by atoms with Crippen LogP contribution in [0.15, 0.2) is 11.6 Å². The zero-order valence-corrected chi connectivity index (χ0v) is 13.9. The van der Waals surface area contributed by atoms with Gasteiger partial charge in [0.1, 0.15) is 11.6 Å². The van der Waals surface area contributed by atoms with Crippen molar-refractivity contribution in [1.29, 1.82) is 0 Å². The SMILES string of the molecule is C[C@H]1C(=O)[C@]2(C)CCCC(=O)[C@@H]2CC=C2CCC1C2(C)C. The highest BCUT2D eigenvalue weighted by Crippen LogP contribution is 2.55. The minimum absolute atomic E-state index is 0.0717. The van der Waals surface area contributed by atoms with Gasteiger partial charge in [-0.2, -0.15) is 0 Å². The molecule has 3 rings (SSSR count). The Labute approximate surface area is 128 Å². The fourth-order valence-corrected chi connectivity index (χ4v) is 5.46. The molecule has 0 aromatic heterocycles. The molecule has 4 atom stereocenters. The summed E-state index contributed by atoms with van der Waals surface area (Å²) >= 11 is 0. The van der Waals surface area contributed by atoms with E-state index >= 15 is 0 Å². The highest BCUT2D eigenvalue weighted by Gasteiger charge is 2.53. The summed E-state index contributed by atoms with van der Waals surface area (Å²) in [6.07, 6.45) is 7.76. The van der Waals surface area contributed by atoms with Gasteiger partial charge in [0.15, 0.2) is 0 Å². The molecule has 3 aliphatic carbocycles. The molecule has 0 N–H and O–H groups in total. The van der Waals surface area contributed by atoms with Crippen LogP contribution >= 0.6 is 0 Å². The summed E-state index contributed by atoms with van der Waals surface area (Å²) in [6, 6.07) is 0. The van der Waals surface area contributed by atoms with Crippen LogP contribution in [0.5, 0.6) is 0 Å². The Balaban J connectivity index is 2.09. The lowest BCUT2D eigenvalue weighted by Crippen LogP contribution is -2.47. The molecule has 21 heavy (non-hydrogen) atoms. The minimum Gasteiger partial charge on any atom is -0.299 e. The molecule has 0 aromatic rings. The van der Waals surface area contributed by atoms with Crippen LogP contribution in [0.3, 0.4) is 0 Å². The van der Waals surface area contributed by atoms with E-state index in [-0.39, 0.29) is 17.3 Å². The zero-order chi connectivity index (χ0) is 15.4. The minimum atomic E-state index is -0.424. The van der Waals surface area contributed by atoms with E-state index in [1.165, 1.54) is 5.57 Å². The molecule has 0 radical (unpaired) electrons. The van der Waals surface area contributed by atoms with E-state index in [9.17, 15) is 9.59 Å². The lowest BCUT2D eigenvalue weighted by Gasteiger charge is -2.42. The summed E-state index contributed by atoms with van der Waals surface area (Å²) in [6.45, 7) is 8.77. The van der Waals surface area contributed by atoms with Gasteiger partial charge in [-0.15, -0.1) is 0 Å². The molecule has 2 heteroatoms. The molecule has 2 nitrogen and oxygen atoms in total.